The van der Waals surface area contributed by atoms with Crippen LogP contribution in [-0.2, 0) is 6.54 Å². The summed E-state index contributed by atoms with van der Waals surface area (Å²) in [7, 11) is 0. The highest BCUT2D eigenvalue weighted by atomic mass is 16.1. The number of aromatic nitrogens is 1. The molecule has 1 aromatic carbocycles. The molecule has 1 aromatic heterocycles. The number of amides is 1. The zero-order valence-corrected chi connectivity index (χ0v) is 10.3. The summed E-state index contributed by atoms with van der Waals surface area (Å²) in [6.45, 7) is 4.15. The molecule has 4 heteroatoms. The molecule has 0 unspecified atom stereocenters. The maximum Gasteiger partial charge on any atom is 0.270 e. The first-order valence-corrected chi connectivity index (χ1v) is 5.75. The Balaban J connectivity index is 2.01. The van der Waals surface area contributed by atoms with Crippen molar-refractivity contribution in [2.24, 2.45) is 0 Å². The summed E-state index contributed by atoms with van der Waals surface area (Å²) in [6, 6.07) is 12.6. The van der Waals surface area contributed by atoms with Gasteiger partial charge in [-0.1, -0.05) is 18.2 Å². The predicted molar refractivity (Wildman–Crippen MR) is 71.0 cm³/mol. The summed E-state index contributed by atoms with van der Waals surface area (Å²) < 4.78 is 0. The lowest BCUT2D eigenvalue weighted by Gasteiger charge is -2.06. The van der Waals surface area contributed by atoms with Crippen molar-refractivity contribution in [1.82, 2.24) is 10.3 Å². The Hall–Kier alpha value is -2.67. The molecule has 0 aliphatic rings. The van der Waals surface area contributed by atoms with E-state index in [0.717, 1.165) is 5.56 Å². The number of hydrogen-bond donors (Lipinski definition) is 1. The van der Waals surface area contributed by atoms with Crippen LogP contribution in [0.4, 0.5) is 0 Å². The molecule has 0 bridgehead atoms. The number of nitrogens with zero attached hydrogens (tertiary/aromatic N) is 2. The lowest BCUT2D eigenvalue weighted by molar-refractivity contribution is 0.0945. The average molecular weight is 250 g/mol. The summed E-state index contributed by atoms with van der Waals surface area (Å²) in [6.07, 6.45) is 1.56. The van der Waals surface area contributed by atoms with Crippen molar-refractivity contribution < 1.29 is 4.79 Å². The van der Waals surface area contributed by atoms with E-state index in [9.17, 15) is 4.79 Å². The number of carbonyl (C=O) groups is 1. The molecule has 19 heavy (non-hydrogen) atoms. The average Bonchev–Trinajstić information content (AvgIpc) is 2.46. The van der Waals surface area contributed by atoms with Gasteiger partial charge in [0.25, 0.3) is 5.91 Å². The van der Waals surface area contributed by atoms with E-state index in [1.807, 2.05) is 18.2 Å². The van der Waals surface area contributed by atoms with Crippen molar-refractivity contribution in [2.45, 2.75) is 6.54 Å². The molecule has 1 radical (unpaired) electrons. The van der Waals surface area contributed by atoms with Gasteiger partial charge in [-0.25, -0.2) is 0 Å². The Bertz CT molecular complexity index is 627. The molecule has 0 atom stereocenters. The maximum absolute atomic E-state index is 11.9. The number of pyridine rings is 1. The third kappa shape index (κ3) is 3.17. The molecule has 0 saturated heterocycles. The lowest BCUT2D eigenvalue weighted by Crippen LogP contribution is -2.24. The number of carbonyl (C=O) groups excluding carboxylic acids is 1. The number of nitriles is 1. The van der Waals surface area contributed by atoms with Crippen LogP contribution in [0.3, 0.4) is 0 Å². The minimum absolute atomic E-state index is 0.255. The normalized spacial score (nSPS) is 9.68. The van der Waals surface area contributed by atoms with Gasteiger partial charge in [0.1, 0.15) is 5.69 Å². The highest BCUT2D eigenvalue weighted by molar-refractivity contribution is 5.93. The van der Waals surface area contributed by atoms with Crippen LogP contribution in [-0.4, -0.2) is 10.9 Å². The number of rotatable bonds is 3. The van der Waals surface area contributed by atoms with Gasteiger partial charge < -0.3 is 5.32 Å². The molecule has 2 rings (SSSR count). The SMILES string of the molecule is [CH2]c1cccnc1C(=O)NCc1ccc(C#N)cc1. The predicted octanol–water partition coefficient (Wildman–Crippen LogP) is 2.07. The van der Waals surface area contributed by atoms with Gasteiger partial charge in [0.2, 0.25) is 0 Å². The second kappa shape index (κ2) is 5.78. The van der Waals surface area contributed by atoms with Crippen LogP contribution < -0.4 is 5.32 Å². The minimum atomic E-state index is -0.255. The molecule has 0 aliphatic carbocycles. The van der Waals surface area contributed by atoms with E-state index in [2.05, 4.69) is 17.2 Å². The van der Waals surface area contributed by atoms with Gasteiger partial charge in [-0.15, -0.1) is 0 Å². The minimum Gasteiger partial charge on any atom is -0.347 e. The lowest BCUT2D eigenvalue weighted by atomic mass is 10.1. The number of benzene rings is 1. The van der Waals surface area contributed by atoms with Gasteiger partial charge in [0.05, 0.1) is 11.6 Å². The van der Waals surface area contributed by atoms with E-state index in [-0.39, 0.29) is 5.91 Å². The smallest absolute Gasteiger partial charge is 0.270 e. The zero-order valence-electron chi connectivity index (χ0n) is 10.3. The molecule has 4 nitrogen and oxygen atoms in total. The van der Waals surface area contributed by atoms with Crippen LogP contribution in [0.25, 0.3) is 0 Å². The first kappa shape index (κ1) is 12.8. The van der Waals surface area contributed by atoms with E-state index in [1.54, 1.807) is 30.5 Å². The van der Waals surface area contributed by atoms with Gasteiger partial charge in [0, 0.05) is 12.7 Å². The van der Waals surface area contributed by atoms with Crippen molar-refractivity contribution in [1.29, 1.82) is 5.26 Å². The Kier molecular flexibility index (Phi) is 3.89. The molecule has 2 aromatic rings. The van der Waals surface area contributed by atoms with Crippen molar-refractivity contribution in [2.75, 3.05) is 0 Å². The molecule has 1 amide bonds. The van der Waals surface area contributed by atoms with Gasteiger partial charge in [-0.3, -0.25) is 9.78 Å². The van der Waals surface area contributed by atoms with E-state index < -0.39 is 0 Å². The second-order valence-electron chi connectivity index (χ2n) is 4.00. The summed E-state index contributed by atoms with van der Waals surface area (Å²) in [4.78, 5) is 15.9. The van der Waals surface area contributed by atoms with Crippen LogP contribution in [0.5, 0.6) is 0 Å². The van der Waals surface area contributed by atoms with Crippen molar-refractivity contribution in [3.8, 4) is 6.07 Å². The molecular formula is C15H12N3O. The Morgan fingerprint density at radius 2 is 2.05 bits per heavy atom. The fraction of sp³-hybridized carbons (Fsp3) is 0.0667. The van der Waals surface area contributed by atoms with Gasteiger partial charge in [-0.2, -0.15) is 5.26 Å². The molecule has 1 N–H and O–H groups in total. The van der Waals surface area contributed by atoms with Crippen molar-refractivity contribution in [3.05, 3.63) is 71.9 Å². The van der Waals surface area contributed by atoms with E-state index in [4.69, 9.17) is 5.26 Å². The molecular weight excluding hydrogens is 238 g/mol. The van der Waals surface area contributed by atoms with Crippen LogP contribution in [0.2, 0.25) is 0 Å². The van der Waals surface area contributed by atoms with Crippen LogP contribution >= 0.6 is 0 Å². The van der Waals surface area contributed by atoms with Gasteiger partial charge in [0.15, 0.2) is 0 Å². The Labute approximate surface area is 111 Å². The second-order valence-corrected chi connectivity index (χ2v) is 4.00. The summed E-state index contributed by atoms with van der Waals surface area (Å²) in [5.41, 5.74) is 2.45. The number of hydrogen-bond acceptors (Lipinski definition) is 3. The summed E-state index contributed by atoms with van der Waals surface area (Å²) in [5, 5.41) is 11.5. The standard InChI is InChI=1S/C15H12N3O/c1-11-3-2-8-17-14(11)15(19)18-10-13-6-4-12(9-16)5-7-13/h2-8H,1,10H2,(H,18,19). The monoisotopic (exact) mass is 250 g/mol. The Morgan fingerprint density at radius 1 is 1.32 bits per heavy atom. The third-order valence-electron chi connectivity index (χ3n) is 2.64. The van der Waals surface area contributed by atoms with E-state index >= 15 is 0 Å². The third-order valence-corrected chi connectivity index (χ3v) is 2.64. The highest BCUT2D eigenvalue weighted by Crippen LogP contribution is 2.05. The largest absolute Gasteiger partial charge is 0.347 e. The fourth-order valence-electron chi connectivity index (χ4n) is 1.61. The first-order chi connectivity index (χ1) is 9.20. The Morgan fingerprint density at radius 3 is 2.68 bits per heavy atom. The topological polar surface area (TPSA) is 65.8 Å². The first-order valence-electron chi connectivity index (χ1n) is 5.75. The van der Waals surface area contributed by atoms with E-state index in [1.165, 1.54) is 0 Å². The van der Waals surface area contributed by atoms with Gasteiger partial charge >= 0.3 is 0 Å². The molecule has 0 aliphatic heterocycles. The van der Waals surface area contributed by atoms with Gasteiger partial charge in [-0.05, 0) is 36.2 Å². The molecule has 93 valence electrons. The molecule has 0 spiro atoms. The number of nitrogens with one attached hydrogen (secondary N) is 1. The zero-order chi connectivity index (χ0) is 13.7. The van der Waals surface area contributed by atoms with Crippen molar-refractivity contribution in [3.63, 3.8) is 0 Å². The van der Waals surface area contributed by atoms with E-state index in [0.29, 0.717) is 23.4 Å². The maximum atomic E-state index is 11.9. The molecule has 1 heterocycles. The molecule has 0 fully saturated rings. The summed E-state index contributed by atoms with van der Waals surface area (Å²) >= 11 is 0. The van der Waals surface area contributed by atoms with Crippen LogP contribution in [0.1, 0.15) is 27.2 Å². The fourth-order valence-corrected chi connectivity index (χ4v) is 1.61. The quantitative estimate of drug-likeness (QED) is 0.906. The molecule has 0 saturated carbocycles. The van der Waals surface area contributed by atoms with Crippen LogP contribution in [0, 0.1) is 18.3 Å². The van der Waals surface area contributed by atoms with Crippen molar-refractivity contribution >= 4 is 5.91 Å². The highest BCUT2D eigenvalue weighted by Gasteiger charge is 2.09. The summed E-state index contributed by atoms with van der Waals surface area (Å²) in [5.74, 6) is -0.255. The van der Waals surface area contributed by atoms with Crippen LogP contribution in [0.15, 0.2) is 42.6 Å².